The molecule has 3 rings (SSSR count). The molecule has 0 N–H and O–H groups in total. The Kier molecular flexibility index (Phi) is 4.56. The smallest absolute Gasteiger partial charge is 0.201 e. The van der Waals surface area contributed by atoms with Crippen molar-refractivity contribution >= 4 is 33.0 Å². The van der Waals surface area contributed by atoms with Gasteiger partial charge in [-0.3, -0.25) is 4.79 Å². The second-order valence-corrected chi connectivity index (χ2v) is 10.2. The normalized spacial score (nSPS) is 33.1. The van der Waals surface area contributed by atoms with Crippen molar-refractivity contribution in [1.29, 1.82) is 0 Å². The van der Waals surface area contributed by atoms with Gasteiger partial charge < -0.3 is 4.48 Å². The van der Waals surface area contributed by atoms with E-state index in [0.717, 1.165) is 21.2 Å². The molecule has 2 aliphatic rings. The molecule has 0 radical (unpaired) electrons. The van der Waals surface area contributed by atoms with Crippen molar-refractivity contribution in [2.45, 2.75) is 56.9 Å². The minimum Gasteiger partial charge on any atom is -0.320 e. The first-order valence-electron chi connectivity index (χ1n) is 8.51. The average molecular weight is 385 g/mol. The van der Waals surface area contributed by atoms with Crippen LogP contribution in [-0.4, -0.2) is 36.9 Å². The van der Waals surface area contributed by atoms with E-state index in [1.54, 1.807) is 11.3 Å². The molecule has 0 unspecified atom stereocenters. The van der Waals surface area contributed by atoms with Crippen molar-refractivity contribution in [1.82, 2.24) is 0 Å². The van der Waals surface area contributed by atoms with Crippen LogP contribution in [0.5, 0.6) is 0 Å². The summed E-state index contributed by atoms with van der Waals surface area (Å²) >= 11 is 5.39. The lowest BCUT2D eigenvalue weighted by Gasteiger charge is -2.50. The number of carbonyl (C=O) groups is 1. The van der Waals surface area contributed by atoms with Crippen molar-refractivity contribution in [3.63, 3.8) is 0 Å². The maximum absolute atomic E-state index is 13.5. The van der Waals surface area contributed by atoms with Gasteiger partial charge in [0, 0.05) is 11.3 Å². The Morgan fingerprint density at radius 3 is 2.50 bits per heavy atom. The Morgan fingerprint density at radius 1 is 1.23 bits per heavy atom. The molecule has 22 heavy (non-hydrogen) atoms. The monoisotopic (exact) mass is 384 g/mol. The third-order valence-electron chi connectivity index (χ3n) is 6.27. The van der Waals surface area contributed by atoms with Crippen molar-refractivity contribution in [3.05, 3.63) is 20.8 Å². The van der Waals surface area contributed by atoms with E-state index in [-0.39, 0.29) is 11.5 Å². The van der Waals surface area contributed by atoms with Gasteiger partial charge >= 0.3 is 0 Å². The second kappa shape index (κ2) is 6.03. The van der Waals surface area contributed by atoms with Crippen LogP contribution in [0.4, 0.5) is 0 Å². The van der Waals surface area contributed by atoms with Gasteiger partial charge in [0.2, 0.25) is 5.78 Å². The molecule has 2 fully saturated rings. The average Bonchev–Trinajstić information content (AvgIpc) is 2.93. The van der Waals surface area contributed by atoms with Crippen molar-refractivity contribution in [2.24, 2.45) is 5.92 Å². The number of nitrogens with zero attached hydrogens (tertiary/aromatic N) is 1. The number of ketones is 1. The van der Waals surface area contributed by atoms with Gasteiger partial charge in [-0.25, -0.2) is 0 Å². The fourth-order valence-corrected chi connectivity index (χ4v) is 6.16. The number of Topliss-reactive ketones (excluding diaryl/α,β-unsaturated/α-hetero) is 1. The number of likely N-dealkylation sites (tertiary alicyclic amines) is 1. The van der Waals surface area contributed by atoms with Crippen LogP contribution in [-0.2, 0) is 10.2 Å². The van der Waals surface area contributed by atoms with E-state index in [0.29, 0.717) is 11.7 Å². The fourth-order valence-electron chi connectivity index (χ4n) is 4.47. The van der Waals surface area contributed by atoms with Crippen LogP contribution in [0.15, 0.2) is 15.9 Å². The van der Waals surface area contributed by atoms with E-state index < -0.39 is 0 Å². The summed E-state index contributed by atoms with van der Waals surface area (Å²) in [6.45, 7) is 3.24. The third kappa shape index (κ3) is 2.61. The number of hydrogen-bond donors (Lipinski definition) is 0. The molecule has 1 aliphatic heterocycles. The number of hydrogen-bond acceptors (Lipinski definition) is 2. The molecule has 1 aromatic rings. The van der Waals surface area contributed by atoms with Gasteiger partial charge in [-0.1, -0.05) is 19.3 Å². The van der Waals surface area contributed by atoms with E-state index in [2.05, 4.69) is 49.1 Å². The van der Waals surface area contributed by atoms with Crippen LogP contribution in [0, 0.1) is 5.92 Å². The SMILES string of the molecule is C[C@H]1C(=O)[C@@](c2ccc(Br)s2)(C2CCCCC2)CC[N+]1(C)C. The molecule has 0 bridgehead atoms. The maximum atomic E-state index is 13.5. The second-order valence-electron chi connectivity index (χ2n) is 7.70. The molecule has 2 heterocycles. The number of thiophene rings is 1. The largest absolute Gasteiger partial charge is 0.320 e. The highest BCUT2D eigenvalue weighted by molar-refractivity contribution is 9.11. The lowest BCUT2D eigenvalue weighted by molar-refractivity contribution is -0.907. The van der Waals surface area contributed by atoms with Gasteiger partial charge in [0.25, 0.3) is 0 Å². The molecule has 122 valence electrons. The van der Waals surface area contributed by atoms with E-state index >= 15 is 0 Å². The topological polar surface area (TPSA) is 17.1 Å². The number of quaternary nitrogens is 1. The molecule has 1 saturated heterocycles. The van der Waals surface area contributed by atoms with E-state index in [9.17, 15) is 4.79 Å². The molecule has 4 heteroatoms. The summed E-state index contributed by atoms with van der Waals surface area (Å²) in [5, 5.41) is 0. The lowest BCUT2D eigenvalue weighted by atomic mass is 9.60. The summed E-state index contributed by atoms with van der Waals surface area (Å²) in [6, 6.07) is 4.42. The number of piperidine rings is 1. The minimum atomic E-state index is -0.218. The van der Waals surface area contributed by atoms with Crippen LogP contribution < -0.4 is 0 Å². The number of halogens is 1. The predicted octanol–water partition coefficient (Wildman–Crippen LogP) is 4.77. The highest BCUT2D eigenvalue weighted by Gasteiger charge is 2.56. The lowest BCUT2D eigenvalue weighted by Crippen LogP contribution is -2.64. The molecule has 0 spiro atoms. The first-order valence-corrected chi connectivity index (χ1v) is 10.1. The molecular weight excluding hydrogens is 358 g/mol. The van der Waals surface area contributed by atoms with E-state index in [1.807, 2.05) is 0 Å². The zero-order valence-corrected chi connectivity index (χ0v) is 16.3. The third-order valence-corrected chi connectivity index (χ3v) is 8.07. The standard InChI is InChI=1S/C18H27BrNOS/c1-13-17(21)18(11-12-20(13,2)3,14-7-5-4-6-8-14)15-9-10-16(19)22-15/h9-10,13-14H,4-8,11-12H2,1-3H3/q+1/t13-,18+/m0/s1. The predicted molar refractivity (Wildman–Crippen MR) is 96.3 cm³/mol. The van der Waals surface area contributed by atoms with Gasteiger partial charge in [-0.05, 0) is 53.7 Å². The summed E-state index contributed by atoms with van der Waals surface area (Å²) < 4.78 is 1.98. The summed E-state index contributed by atoms with van der Waals surface area (Å²) in [6.07, 6.45) is 7.38. The van der Waals surface area contributed by atoms with Gasteiger partial charge in [0.1, 0.15) is 6.04 Å². The first kappa shape index (κ1) is 16.7. The zero-order chi connectivity index (χ0) is 16.0. The van der Waals surface area contributed by atoms with Crippen LogP contribution in [0.1, 0.15) is 50.3 Å². The molecule has 0 amide bonds. The number of carbonyl (C=O) groups excluding carboxylic acids is 1. The number of likely N-dealkylation sites (N-methyl/N-ethyl adjacent to an activating group) is 1. The van der Waals surface area contributed by atoms with Gasteiger partial charge in [0.15, 0.2) is 0 Å². The van der Waals surface area contributed by atoms with Crippen LogP contribution in [0.2, 0.25) is 0 Å². The quantitative estimate of drug-likeness (QED) is 0.671. The molecule has 2 nitrogen and oxygen atoms in total. The molecule has 2 atom stereocenters. The van der Waals surface area contributed by atoms with Crippen LogP contribution in [0.25, 0.3) is 0 Å². The maximum Gasteiger partial charge on any atom is 0.201 e. The molecule has 0 aromatic carbocycles. The van der Waals surface area contributed by atoms with Gasteiger partial charge in [0.05, 0.1) is 29.8 Å². The molecule has 1 saturated carbocycles. The molecular formula is C18H27BrNOS+. The molecule has 1 aliphatic carbocycles. The minimum absolute atomic E-state index is 0.0940. The summed E-state index contributed by atoms with van der Waals surface area (Å²) in [4.78, 5) is 14.9. The van der Waals surface area contributed by atoms with Crippen molar-refractivity contribution in [2.75, 3.05) is 20.6 Å². The van der Waals surface area contributed by atoms with Crippen LogP contribution >= 0.6 is 27.3 Å². The highest BCUT2D eigenvalue weighted by atomic mass is 79.9. The fraction of sp³-hybridized carbons (Fsp3) is 0.722. The van der Waals surface area contributed by atoms with Gasteiger partial charge in [-0.2, -0.15) is 0 Å². The number of rotatable bonds is 2. The van der Waals surface area contributed by atoms with E-state index in [4.69, 9.17) is 0 Å². The Bertz CT molecular complexity index is 561. The van der Waals surface area contributed by atoms with E-state index in [1.165, 1.54) is 37.0 Å². The van der Waals surface area contributed by atoms with Crippen LogP contribution in [0.3, 0.4) is 0 Å². The first-order chi connectivity index (χ1) is 10.4. The van der Waals surface area contributed by atoms with Gasteiger partial charge in [-0.15, -0.1) is 11.3 Å². The highest BCUT2D eigenvalue weighted by Crippen LogP contribution is 2.50. The Balaban J connectivity index is 2.05. The summed E-state index contributed by atoms with van der Waals surface area (Å²) in [5.74, 6) is 1.03. The zero-order valence-electron chi connectivity index (χ0n) is 13.9. The summed E-state index contributed by atoms with van der Waals surface area (Å²) in [7, 11) is 4.41. The van der Waals surface area contributed by atoms with Crippen molar-refractivity contribution in [3.8, 4) is 0 Å². The summed E-state index contributed by atoms with van der Waals surface area (Å²) in [5.41, 5.74) is -0.218. The van der Waals surface area contributed by atoms with Crippen molar-refractivity contribution < 1.29 is 9.28 Å². The Labute approximate surface area is 146 Å². The molecule has 1 aromatic heterocycles. The Hall–Kier alpha value is -0.190. The Morgan fingerprint density at radius 2 is 1.91 bits per heavy atom.